The minimum absolute atomic E-state index is 0.0591. The molecule has 0 aliphatic heterocycles. The summed E-state index contributed by atoms with van der Waals surface area (Å²) in [6, 6.07) is 5.99. The summed E-state index contributed by atoms with van der Waals surface area (Å²) in [5.74, 6) is 0.289. The van der Waals surface area contributed by atoms with E-state index in [0.29, 0.717) is 6.54 Å². The van der Waals surface area contributed by atoms with Crippen LogP contribution < -0.4 is 4.57 Å². The quantitative estimate of drug-likeness (QED) is 0.829. The number of phenols is 1. The van der Waals surface area contributed by atoms with Crippen LogP contribution in [0.15, 0.2) is 30.6 Å². The molecule has 0 bridgehead atoms. The standard InChI is InChI=1S/C16H19NO2/c1-11-4-6-17(7-5-11)9-15-14(10-18)8-12(2)13(3)16(15)19/h4-8,18H,9-10H2,1-3H3/p+1. The van der Waals surface area contributed by atoms with Gasteiger partial charge in [0.2, 0.25) is 0 Å². The number of aromatic nitrogens is 1. The van der Waals surface area contributed by atoms with E-state index in [-0.39, 0.29) is 12.4 Å². The highest BCUT2D eigenvalue weighted by Crippen LogP contribution is 2.28. The van der Waals surface area contributed by atoms with Crippen LogP contribution >= 0.6 is 0 Å². The molecule has 0 radical (unpaired) electrons. The molecule has 2 N–H and O–H groups in total. The van der Waals surface area contributed by atoms with Crippen LogP contribution in [0.25, 0.3) is 0 Å². The highest BCUT2D eigenvalue weighted by Gasteiger charge is 2.16. The number of aryl methyl sites for hydroxylation is 2. The second-order valence-corrected chi connectivity index (χ2v) is 5.01. The molecule has 0 amide bonds. The van der Waals surface area contributed by atoms with Crippen molar-refractivity contribution < 1.29 is 14.8 Å². The van der Waals surface area contributed by atoms with Crippen molar-refractivity contribution in [1.29, 1.82) is 0 Å². The maximum atomic E-state index is 10.3. The normalized spacial score (nSPS) is 10.7. The Morgan fingerprint density at radius 2 is 1.74 bits per heavy atom. The third kappa shape index (κ3) is 2.76. The smallest absolute Gasteiger partial charge is 0.177 e. The lowest BCUT2D eigenvalue weighted by Gasteiger charge is -2.12. The summed E-state index contributed by atoms with van der Waals surface area (Å²) in [5.41, 5.74) is 4.65. The first-order valence-corrected chi connectivity index (χ1v) is 6.40. The van der Waals surface area contributed by atoms with Gasteiger partial charge in [0.25, 0.3) is 0 Å². The van der Waals surface area contributed by atoms with E-state index in [1.54, 1.807) is 0 Å². The van der Waals surface area contributed by atoms with E-state index >= 15 is 0 Å². The maximum absolute atomic E-state index is 10.3. The fourth-order valence-electron chi connectivity index (χ4n) is 2.16. The molecule has 1 heterocycles. The van der Waals surface area contributed by atoms with Crippen LogP contribution in [0.2, 0.25) is 0 Å². The summed E-state index contributed by atoms with van der Waals surface area (Å²) < 4.78 is 2.00. The van der Waals surface area contributed by atoms with Crippen LogP contribution in [0.3, 0.4) is 0 Å². The SMILES string of the molecule is Cc1cc[n+](Cc2c(CO)cc(C)c(C)c2O)cc1. The van der Waals surface area contributed by atoms with E-state index in [4.69, 9.17) is 0 Å². The van der Waals surface area contributed by atoms with Gasteiger partial charge >= 0.3 is 0 Å². The zero-order chi connectivity index (χ0) is 14.0. The molecular formula is C16H20NO2+. The Morgan fingerprint density at radius 3 is 2.32 bits per heavy atom. The van der Waals surface area contributed by atoms with Crippen molar-refractivity contribution in [3.05, 3.63) is 58.4 Å². The molecule has 0 atom stereocenters. The van der Waals surface area contributed by atoms with Gasteiger partial charge in [-0.25, -0.2) is 4.57 Å². The third-order valence-corrected chi connectivity index (χ3v) is 3.58. The van der Waals surface area contributed by atoms with Gasteiger partial charge < -0.3 is 10.2 Å². The molecule has 2 rings (SSSR count). The summed E-state index contributed by atoms with van der Waals surface area (Å²) in [7, 11) is 0. The van der Waals surface area contributed by atoms with Crippen LogP contribution in [0, 0.1) is 20.8 Å². The van der Waals surface area contributed by atoms with Gasteiger partial charge in [-0.1, -0.05) is 6.07 Å². The van der Waals surface area contributed by atoms with Crippen LogP contribution in [-0.2, 0) is 13.2 Å². The number of aromatic hydroxyl groups is 1. The number of hydrogen-bond acceptors (Lipinski definition) is 2. The Kier molecular flexibility index (Phi) is 3.86. The lowest BCUT2D eigenvalue weighted by Crippen LogP contribution is -2.33. The predicted octanol–water partition coefficient (Wildman–Crippen LogP) is 2.15. The first kappa shape index (κ1) is 13.6. The van der Waals surface area contributed by atoms with Crippen molar-refractivity contribution in [1.82, 2.24) is 0 Å². The largest absolute Gasteiger partial charge is 0.507 e. The number of pyridine rings is 1. The van der Waals surface area contributed by atoms with Crippen LogP contribution in [0.1, 0.15) is 27.8 Å². The fourth-order valence-corrected chi connectivity index (χ4v) is 2.16. The zero-order valence-electron chi connectivity index (χ0n) is 11.6. The molecule has 0 spiro atoms. The molecule has 100 valence electrons. The molecule has 0 saturated heterocycles. The number of nitrogens with zero attached hydrogens (tertiary/aromatic N) is 1. The van der Waals surface area contributed by atoms with Gasteiger partial charge in [-0.3, -0.25) is 0 Å². The molecule has 1 aromatic heterocycles. The van der Waals surface area contributed by atoms with Crippen LogP contribution in [0.4, 0.5) is 0 Å². The molecule has 0 aliphatic carbocycles. The highest BCUT2D eigenvalue weighted by molar-refractivity contribution is 5.48. The van der Waals surface area contributed by atoms with E-state index in [9.17, 15) is 10.2 Å². The van der Waals surface area contributed by atoms with Gasteiger partial charge in [0.05, 0.1) is 12.2 Å². The van der Waals surface area contributed by atoms with Gasteiger partial charge in [0.15, 0.2) is 18.9 Å². The molecule has 0 unspecified atom stereocenters. The predicted molar refractivity (Wildman–Crippen MR) is 74.0 cm³/mol. The first-order valence-electron chi connectivity index (χ1n) is 6.40. The second-order valence-electron chi connectivity index (χ2n) is 5.01. The molecule has 2 aromatic rings. The Labute approximate surface area is 113 Å². The van der Waals surface area contributed by atoms with Gasteiger partial charge in [-0.2, -0.15) is 0 Å². The Hall–Kier alpha value is -1.87. The molecule has 0 saturated carbocycles. The minimum Gasteiger partial charge on any atom is -0.507 e. The van der Waals surface area contributed by atoms with E-state index in [0.717, 1.165) is 22.3 Å². The summed E-state index contributed by atoms with van der Waals surface area (Å²) >= 11 is 0. The molecule has 19 heavy (non-hydrogen) atoms. The first-order chi connectivity index (χ1) is 9.02. The number of rotatable bonds is 3. The summed E-state index contributed by atoms with van der Waals surface area (Å²) in [6.07, 6.45) is 3.95. The van der Waals surface area contributed by atoms with Gasteiger partial charge in [-0.15, -0.1) is 0 Å². The number of phenolic OH excluding ortho intramolecular Hbond substituents is 1. The fraction of sp³-hybridized carbons (Fsp3) is 0.312. The Balaban J connectivity index is 2.44. The average molecular weight is 258 g/mol. The lowest BCUT2D eigenvalue weighted by atomic mass is 9.98. The minimum atomic E-state index is -0.0591. The monoisotopic (exact) mass is 258 g/mol. The number of hydrogen-bond donors (Lipinski definition) is 2. The Morgan fingerprint density at radius 1 is 1.11 bits per heavy atom. The van der Waals surface area contributed by atoms with E-state index in [1.165, 1.54) is 5.56 Å². The molecular weight excluding hydrogens is 238 g/mol. The Bertz CT molecular complexity index is 589. The van der Waals surface area contributed by atoms with Gasteiger partial charge in [0, 0.05) is 12.1 Å². The molecule has 0 aliphatic rings. The van der Waals surface area contributed by atoms with E-state index in [2.05, 4.69) is 0 Å². The maximum Gasteiger partial charge on any atom is 0.177 e. The van der Waals surface area contributed by atoms with E-state index < -0.39 is 0 Å². The third-order valence-electron chi connectivity index (χ3n) is 3.58. The molecule has 3 nitrogen and oxygen atoms in total. The summed E-state index contributed by atoms with van der Waals surface area (Å²) in [6.45, 7) is 6.38. The topological polar surface area (TPSA) is 44.3 Å². The van der Waals surface area contributed by atoms with Crippen molar-refractivity contribution in [2.75, 3.05) is 0 Å². The van der Waals surface area contributed by atoms with Crippen molar-refractivity contribution in [2.45, 2.75) is 33.9 Å². The number of benzene rings is 1. The average Bonchev–Trinajstić information content (AvgIpc) is 2.41. The van der Waals surface area contributed by atoms with Crippen LogP contribution in [0.5, 0.6) is 5.75 Å². The number of aliphatic hydroxyl groups excluding tert-OH is 1. The van der Waals surface area contributed by atoms with Gasteiger partial charge in [0.1, 0.15) is 5.75 Å². The number of aliphatic hydroxyl groups is 1. The molecule has 1 aromatic carbocycles. The van der Waals surface area contributed by atoms with Crippen molar-refractivity contribution in [3.8, 4) is 5.75 Å². The van der Waals surface area contributed by atoms with E-state index in [1.807, 2.05) is 55.9 Å². The lowest BCUT2D eigenvalue weighted by molar-refractivity contribution is -0.688. The van der Waals surface area contributed by atoms with Crippen molar-refractivity contribution in [3.63, 3.8) is 0 Å². The highest BCUT2D eigenvalue weighted by atomic mass is 16.3. The van der Waals surface area contributed by atoms with Crippen molar-refractivity contribution in [2.24, 2.45) is 0 Å². The molecule has 0 fully saturated rings. The van der Waals surface area contributed by atoms with Crippen molar-refractivity contribution >= 4 is 0 Å². The molecule has 3 heteroatoms. The zero-order valence-corrected chi connectivity index (χ0v) is 11.6. The summed E-state index contributed by atoms with van der Waals surface area (Å²) in [5, 5.41) is 19.7. The summed E-state index contributed by atoms with van der Waals surface area (Å²) in [4.78, 5) is 0. The van der Waals surface area contributed by atoms with Gasteiger partial charge in [-0.05, 0) is 43.0 Å². The van der Waals surface area contributed by atoms with Crippen LogP contribution in [-0.4, -0.2) is 10.2 Å². The second kappa shape index (κ2) is 5.41.